The van der Waals surface area contributed by atoms with Crippen LogP contribution in [-0.4, -0.2) is 16.8 Å². The monoisotopic (exact) mass is 336 g/mol. The van der Waals surface area contributed by atoms with Gasteiger partial charge in [-0.15, -0.1) is 0 Å². The van der Waals surface area contributed by atoms with Crippen molar-refractivity contribution in [3.8, 4) is 0 Å². The van der Waals surface area contributed by atoms with Crippen molar-refractivity contribution in [2.24, 2.45) is 0 Å². The van der Waals surface area contributed by atoms with Gasteiger partial charge in [0.05, 0.1) is 16.3 Å². The van der Waals surface area contributed by atoms with Crippen molar-refractivity contribution in [1.29, 1.82) is 0 Å². The van der Waals surface area contributed by atoms with Gasteiger partial charge in [0.1, 0.15) is 5.69 Å². The van der Waals surface area contributed by atoms with Gasteiger partial charge in [-0.3, -0.25) is 14.6 Å². The number of hydrogen-bond acceptors (Lipinski definition) is 3. The summed E-state index contributed by atoms with van der Waals surface area (Å²) in [4.78, 5) is 29.5. The van der Waals surface area contributed by atoms with Gasteiger partial charge in [-0.1, -0.05) is 27.5 Å². The van der Waals surface area contributed by atoms with Crippen molar-refractivity contribution in [3.63, 3.8) is 0 Å². The first-order valence-corrected chi connectivity index (χ1v) is 6.55. The molecule has 2 amide bonds. The van der Waals surface area contributed by atoms with Crippen LogP contribution in [0.5, 0.6) is 0 Å². The molecule has 2 aromatic rings. The molecule has 0 atom stereocenters. The van der Waals surface area contributed by atoms with Gasteiger partial charge >= 0.3 is 0 Å². The zero-order valence-corrected chi connectivity index (χ0v) is 11.8. The van der Waals surface area contributed by atoms with E-state index in [0.29, 0.717) is 16.3 Å². The maximum atomic E-state index is 12.3. The van der Waals surface area contributed by atoms with E-state index in [2.05, 4.69) is 20.9 Å². The molecule has 94 valence electrons. The smallest absolute Gasteiger partial charge is 0.268 e. The lowest BCUT2D eigenvalue weighted by Gasteiger charge is -2.15. The first kappa shape index (κ1) is 12.3. The number of pyridine rings is 1. The molecule has 1 aromatic heterocycles. The lowest BCUT2D eigenvalue weighted by atomic mass is 10.2. The maximum Gasteiger partial charge on any atom is 0.284 e. The van der Waals surface area contributed by atoms with E-state index in [1.165, 1.54) is 6.20 Å². The van der Waals surface area contributed by atoms with Crippen LogP contribution in [-0.2, 0) is 0 Å². The molecule has 0 saturated carbocycles. The topological polar surface area (TPSA) is 50.3 Å². The molecule has 2 heterocycles. The van der Waals surface area contributed by atoms with Crippen LogP contribution in [0.25, 0.3) is 0 Å². The third kappa shape index (κ3) is 1.86. The Morgan fingerprint density at radius 2 is 1.95 bits per heavy atom. The molecule has 0 bridgehead atoms. The van der Waals surface area contributed by atoms with Gasteiger partial charge in [-0.2, -0.15) is 0 Å². The number of nitrogens with zero attached hydrogens (tertiary/aromatic N) is 2. The number of benzene rings is 1. The number of halogens is 2. The predicted molar refractivity (Wildman–Crippen MR) is 74.5 cm³/mol. The van der Waals surface area contributed by atoms with Gasteiger partial charge in [0.2, 0.25) is 0 Å². The Kier molecular flexibility index (Phi) is 2.88. The number of rotatable bonds is 1. The highest BCUT2D eigenvalue weighted by Gasteiger charge is 2.38. The van der Waals surface area contributed by atoms with Crippen molar-refractivity contribution in [1.82, 2.24) is 4.98 Å². The standard InChI is InChI=1S/C13H6BrClN2O2/c14-7-3-4-9(15)10(6-7)17-12(18)8-2-1-5-16-11(8)13(17)19/h1-6H. The minimum absolute atomic E-state index is 0.156. The fraction of sp³-hybridized carbons (Fsp3) is 0. The first-order chi connectivity index (χ1) is 9.09. The quantitative estimate of drug-likeness (QED) is 0.750. The summed E-state index contributed by atoms with van der Waals surface area (Å²) < 4.78 is 0.733. The Hall–Kier alpha value is -1.72. The summed E-state index contributed by atoms with van der Waals surface area (Å²) in [5.41, 5.74) is 0.802. The van der Waals surface area contributed by atoms with Crippen molar-refractivity contribution in [2.75, 3.05) is 4.90 Å². The second-order valence-electron chi connectivity index (χ2n) is 3.94. The lowest BCUT2D eigenvalue weighted by molar-refractivity contribution is 0.0924. The van der Waals surface area contributed by atoms with Crippen molar-refractivity contribution in [3.05, 3.63) is 57.3 Å². The summed E-state index contributed by atoms with van der Waals surface area (Å²) in [7, 11) is 0. The van der Waals surface area contributed by atoms with Gasteiger partial charge in [0.15, 0.2) is 0 Å². The average molecular weight is 338 g/mol. The molecule has 0 N–H and O–H groups in total. The van der Waals surface area contributed by atoms with Crippen LogP contribution in [0, 0.1) is 0 Å². The summed E-state index contributed by atoms with van der Waals surface area (Å²) >= 11 is 9.36. The summed E-state index contributed by atoms with van der Waals surface area (Å²) in [5.74, 6) is -0.867. The minimum Gasteiger partial charge on any atom is -0.268 e. The fourth-order valence-corrected chi connectivity index (χ4v) is 2.49. The zero-order valence-electron chi connectivity index (χ0n) is 9.43. The van der Waals surface area contributed by atoms with Crippen molar-refractivity contribution >= 4 is 45.0 Å². The summed E-state index contributed by atoms with van der Waals surface area (Å²) in [6.07, 6.45) is 1.48. The van der Waals surface area contributed by atoms with Crippen LogP contribution in [0.2, 0.25) is 5.02 Å². The molecule has 0 unspecified atom stereocenters. The zero-order chi connectivity index (χ0) is 13.6. The third-order valence-corrected chi connectivity index (χ3v) is 3.61. The molecule has 4 nitrogen and oxygen atoms in total. The Bertz CT molecular complexity index is 683. The van der Waals surface area contributed by atoms with E-state index in [1.54, 1.807) is 30.3 Å². The summed E-state index contributed by atoms with van der Waals surface area (Å²) in [5, 5.41) is 0.331. The normalized spacial score (nSPS) is 13.9. The molecule has 0 radical (unpaired) electrons. The Labute approximate surface area is 122 Å². The molecule has 0 aliphatic carbocycles. The van der Waals surface area contributed by atoms with E-state index in [9.17, 15) is 9.59 Å². The van der Waals surface area contributed by atoms with E-state index in [0.717, 1.165) is 9.37 Å². The maximum absolute atomic E-state index is 12.3. The number of carbonyl (C=O) groups is 2. The number of imide groups is 1. The first-order valence-electron chi connectivity index (χ1n) is 5.38. The van der Waals surface area contributed by atoms with Crippen molar-refractivity contribution in [2.45, 2.75) is 0 Å². The van der Waals surface area contributed by atoms with Crippen LogP contribution >= 0.6 is 27.5 Å². The summed E-state index contributed by atoms with van der Waals surface area (Å²) in [6, 6.07) is 8.19. The van der Waals surface area contributed by atoms with E-state index < -0.39 is 11.8 Å². The van der Waals surface area contributed by atoms with Crippen molar-refractivity contribution < 1.29 is 9.59 Å². The summed E-state index contributed by atoms with van der Waals surface area (Å²) in [6.45, 7) is 0. The van der Waals surface area contributed by atoms with Crippen LogP contribution in [0.3, 0.4) is 0 Å². The van der Waals surface area contributed by atoms with Gasteiger partial charge in [-0.05, 0) is 30.3 Å². The Balaban J connectivity index is 2.17. The lowest BCUT2D eigenvalue weighted by Crippen LogP contribution is -2.29. The van der Waals surface area contributed by atoms with Crippen LogP contribution in [0.15, 0.2) is 41.0 Å². The molecule has 6 heteroatoms. The van der Waals surface area contributed by atoms with E-state index >= 15 is 0 Å². The fourth-order valence-electron chi connectivity index (χ4n) is 1.94. The Morgan fingerprint density at radius 3 is 2.68 bits per heavy atom. The number of hydrogen-bond donors (Lipinski definition) is 0. The number of fused-ring (bicyclic) bond motifs is 1. The largest absolute Gasteiger partial charge is 0.284 e. The number of carbonyl (C=O) groups excluding carboxylic acids is 2. The number of amides is 2. The second-order valence-corrected chi connectivity index (χ2v) is 5.26. The Morgan fingerprint density at radius 1 is 1.16 bits per heavy atom. The van der Waals surface area contributed by atoms with E-state index in [-0.39, 0.29) is 5.69 Å². The molecular weight excluding hydrogens is 332 g/mol. The van der Waals surface area contributed by atoms with Crippen LogP contribution in [0.1, 0.15) is 20.8 Å². The molecule has 0 saturated heterocycles. The molecule has 1 aliphatic rings. The third-order valence-electron chi connectivity index (χ3n) is 2.80. The highest BCUT2D eigenvalue weighted by Crippen LogP contribution is 2.34. The second kappa shape index (κ2) is 4.43. The van der Waals surface area contributed by atoms with Gasteiger partial charge < -0.3 is 0 Å². The molecule has 1 aliphatic heterocycles. The average Bonchev–Trinajstić information content (AvgIpc) is 2.66. The number of aromatic nitrogens is 1. The van der Waals surface area contributed by atoms with Gasteiger partial charge in [-0.25, -0.2) is 4.90 Å². The van der Waals surface area contributed by atoms with Crippen LogP contribution < -0.4 is 4.90 Å². The SMILES string of the molecule is O=C1c2cccnc2C(=O)N1c1cc(Br)ccc1Cl. The van der Waals surface area contributed by atoms with E-state index in [1.807, 2.05) is 0 Å². The number of anilines is 1. The highest BCUT2D eigenvalue weighted by atomic mass is 79.9. The van der Waals surface area contributed by atoms with Crippen LogP contribution in [0.4, 0.5) is 5.69 Å². The minimum atomic E-state index is -0.458. The molecular formula is C13H6BrClN2O2. The van der Waals surface area contributed by atoms with E-state index in [4.69, 9.17) is 11.6 Å². The molecule has 0 fully saturated rings. The molecule has 1 aromatic carbocycles. The molecule has 0 spiro atoms. The molecule has 19 heavy (non-hydrogen) atoms. The van der Waals surface area contributed by atoms with Gasteiger partial charge in [0.25, 0.3) is 11.8 Å². The predicted octanol–water partition coefficient (Wildman–Crippen LogP) is 3.30. The molecule has 3 rings (SSSR count). The highest BCUT2D eigenvalue weighted by molar-refractivity contribution is 9.10. The van der Waals surface area contributed by atoms with Gasteiger partial charge in [0, 0.05) is 10.7 Å².